The van der Waals surface area contributed by atoms with Gasteiger partial charge in [-0.25, -0.2) is 8.78 Å². The van der Waals surface area contributed by atoms with E-state index in [1.807, 2.05) is 0 Å². The Hall–Kier alpha value is -1.16. The normalized spacial score (nSPS) is 25.4. The summed E-state index contributed by atoms with van der Waals surface area (Å²) in [6.07, 6.45) is 3.30. The first-order valence-corrected chi connectivity index (χ1v) is 5.56. The zero-order valence-corrected chi connectivity index (χ0v) is 8.92. The van der Waals surface area contributed by atoms with Gasteiger partial charge in [-0.1, -0.05) is 12.8 Å². The molecule has 1 aromatic rings. The average Bonchev–Trinajstić information content (AvgIpc) is 2.27. The molecule has 88 valence electrons. The number of aliphatic hydroxyl groups is 1. The molecule has 2 rings (SSSR count). The van der Waals surface area contributed by atoms with Crippen LogP contribution in [0.15, 0.2) is 18.2 Å². The van der Waals surface area contributed by atoms with Crippen molar-refractivity contribution in [3.63, 3.8) is 0 Å². The SMILES string of the molecule is OC1CCCCC1Nc1ccc(F)c(F)c1. The summed E-state index contributed by atoms with van der Waals surface area (Å²) in [5.41, 5.74) is 0.518. The average molecular weight is 227 g/mol. The van der Waals surface area contributed by atoms with Gasteiger partial charge in [0.2, 0.25) is 0 Å². The highest BCUT2D eigenvalue weighted by molar-refractivity contribution is 5.44. The summed E-state index contributed by atoms with van der Waals surface area (Å²) < 4.78 is 25.7. The lowest BCUT2D eigenvalue weighted by molar-refractivity contribution is 0.116. The van der Waals surface area contributed by atoms with Gasteiger partial charge in [0.05, 0.1) is 12.1 Å². The fraction of sp³-hybridized carbons (Fsp3) is 0.500. The van der Waals surface area contributed by atoms with E-state index in [4.69, 9.17) is 0 Å². The summed E-state index contributed by atoms with van der Waals surface area (Å²) in [5.74, 6) is -1.72. The van der Waals surface area contributed by atoms with Crippen LogP contribution in [-0.2, 0) is 0 Å². The number of halogens is 2. The number of rotatable bonds is 2. The Kier molecular flexibility index (Phi) is 3.39. The first-order chi connectivity index (χ1) is 7.66. The van der Waals surface area contributed by atoms with Crippen LogP contribution in [0.3, 0.4) is 0 Å². The smallest absolute Gasteiger partial charge is 0.160 e. The number of benzene rings is 1. The molecule has 0 saturated heterocycles. The third kappa shape index (κ3) is 2.50. The van der Waals surface area contributed by atoms with Crippen molar-refractivity contribution in [2.45, 2.75) is 37.8 Å². The highest BCUT2D eigenvalue weighted by Crippen LogP contribution is 2.23. The molecule has 1 saturated carbocycles. The van der Waals surface area contributed by atoms with Crippen molar-refractivity contribution in [1.82, 2.24) is 0 Å². The molecule has 1 aliphatic rings. The summed E-state index contributed by atoms with van der Waals surface area (Å²) in [7, 11) is 0. The Bertz CT molecular complexity index is 370. The summed E-state index contributed by atoms with van der Waals surface area (Å²) in [6, 6.07) is 3.64. The predicted molar refractivity (Wildman–Crippen MR) is 58.2 cm³/mol. The summed E-state index contributed by atoms with van der Waals surface area (Å²) >= 11 is 0. The summed E-state index contributed by atoms with van der Waals surface area (Å²) in [4.78, 5) is 0. The zero-order chi connectivity index (χ0) is 11.5. The third-order valence-corrected chi connectivity index (χ3v) is 3.00. The molecule has 0 radical (unpaired) electrons. The highest BCUT2D eigenvalue weighted by atomic mass is 19.2. The molecule has 0 aromatic heterocycles. The molecule has 0 bridgehead atoms. The molecule has 4 heteroatoms. The zero-order valence-electron chi connectivity index (χ0n) is 8.92. The number of hydrogen-bond donors (Lipinski definition) is 2. The summed E-state index contributed by atoms with van der Waals surface area (Å²) in [5, 5.41) is 12.8. The Balaban J connectivity index is 2.05. The molecular formula is C12H15F2NO. The highest BCUT2D eigenvalue weighted by Gasteiger charge is 2.22. The van der Waals surface area contributed by atoms with E-state index in [2.05, 4.69) is 5.32 Å². The second-order valence-corrected chi connectivity index (χ2v) is 4.23. The van der Waals surface area contributed by atoms with Crippen LogP contribution in [0, 0.1) is 11.6 Å². The van der Waals surface area contributed by atoms with Crippen LogP contribution in [0.5, 0.6) is 0 Å². The molecule has 0 amide bonds. The first-order valence-electron chi connectivity index (χ1n) is 5.56. The molecule has 2 atom stereocenters. The van der Waals surface area contributed by atoms with Gasteiger partial charge in [-0.15, -0.1) is 0 Å². The van der Waals surface area contributed by atoms with E-state index < -0.39 is 17.7 Å². The predicted octanol–water partition coefficient (Wildman–Crippen LogP) is 2.68. The molecule has 0 heterocycles. The van der Waals surface area contributed by atoms with Gasteiger partial charge in [-0.3, -0.25) is 0 Å². The maximum Gasteiger partial charge on any atom is 0.160 e. The largest absolute Gasteiger partial charge is 0.391 e. The van der Waals surface area contributed by atoms with Crippen LogP contribution in [0.1, 0.15) is 25.7 Å². The Labute approximate surface area is 93.3 Å². The van der Waals surface area contributed by atoms with Crippen molar-refractivity contribution >= 4 is 5.69 Å². The van der Waals surface area contributed by atoms with Crippen LogP contribution < -0.4 is 5.32 Å². The fourth-order valence-corrected chi connectivity index (χ4v) is 2.08. The van der Waals surface area contributed by atoms with Gasteiger partial charge in [-0.2, -0.15) is 0 Å². The van der Waals surface area contributed by atoms with Crippen LogP contribution in [0.25, 0.3) is 0 Å². The van der Waals surface area contributed by atoms with E-state index in [0.717, 1.165) is 37.8 Å². The number of hydrogen-bond acceptors (Lipinski definition) is 2. The lowest BCUT2D eigenvalue weighted by Crippen LogP contribution is -2.36. The van der Waals surface area contributed by atoms with Crippen molar-refractivity contribution in [3.05, 3.63) is 29.8 Å². The monoisotopic (exact) mass is 227 g/mol. The standard InChI is InChI=1S/C12H15F2NO/c13-9-6-5-8(7-10(9)14)15-11-3-1-2-4-12(11)16/h5-7,11-12,15-16H,1-4H2. The van der Waals surface area contributed by atoms with Crippen molar-refractivity contribution in [2.24, 2.45) is 0 Å². The van der Waals surface area contributed by atoms with E-state index in [1.165, 1.54) is 6.07 Å². The quantitative estimate of drug-likeness (QED) is 0.814. The second-order valence-electron chi connectivity index (χ2n) is 4.23. The van der Waals surface area contributed by atoms with E-state index >= 15 is 0 Å². The molecule has 1 aliphatic carbocycles. The maximum atomic E-state index is 13.0. The number of aliphatic hydroxyl groups excluding tert-OH is 1. The lowest BCUT2D eigenvalue weighted by atomic mass is 9.92. The topological polar surface area (TPSA) is 32.3 Å². The molecule has 16 heavy (non-hydrogen) atoms. The van der Waals surface area contributed by atoms with Gasteiger partial charge >= 0.3 is 0 Å². The number of nitrogens with one attached hydrogen (secondary N) is 1. The van der Waals surface area contributed by atoms with Gasteiger partial charge in [0.1, 0.15) is 0 Å². The van der Waals surface area contributed by atoms with Crippen LogP contribution in [-0.4, -0.2) is 17.3 Å². The number of anilines is 1. The molecule has 2 nitrogen and oxygen atoms in total. The Morgan fingerprint density at radius 3 is 2.56 bits per heavy atom. The maximum absolute atomic E-state index is 13.0. The Morgan fingerprint density at radius 1 is 1.12 bits per heavy atom. The molecule has 0 aliphatic heterocycles. The van der Waals surface area contributed by atoms with Gasteiger partial charge in [0, 0.05) is 11.8 Å². The molecule has 0 spiro atoms. The van der Waals surface area contributed by atoms with Crippen LogP contribution >= 0.6 is 0 Å². The van der Waals surface area contributed by atoms with Crippen molar-refractivity contribution in [2.75, 3.05) is 5.32 Å². The van der Waals surface area contributed by atoms with Gasteiger partial charge in [0.25, 0.3) is 0 Å². The summed E-state index contributed by atoms with van der Waals surface area (Å²) in [6.45, 7) is 0. The van der Waals surface area contributed by atoms with E-state index in [-0.39, 0.29) is 6.04 Å². The van der Waals surface area contributed by atoms with Crippen LogP contribution in [0.2, 0.25) is 0 Å². The van der Waals surface area contributed by atoms with Gasteiger partial charge in [-0.05, 0) is 25.0 Å². The van der Waals surface area contributed by atoms with E-state index in [0.29, 0.717) is 5.69 Å². The van der Waals surface area contributed by atoms with Gasteiger partial charge in [0.15, 0.2) is 11.6 Å². The molecule has 2 unspecified atom stereocenters. The first kappa shape index (κ1) is 11.3. The van der Waals surface area contributed by atoms with Crippen molar-refractivity contribution < 1.29 is 13.9 Å². The minimum atomic E-state index is -0.865. The van der Waals surface area contributed by atoms with Gasteiger partial charge < -0.3 is 10.4 Å². The van der Waals surface area contributed by atoms with Crippen molar-refractivity contribution in [3.8, 4) is 0 Å². The van der Waals surface area contributed by atoms with E-state index in [1.54, 1.807) is 0 Å². The fourth-order valence-electron chi connectivity index (χ4n) is 2.08. The lowest BCUT2D eigenvalue weighted by Gasteiger charge is -2.29. The van der Waals surface area contributed by atoms with Crippen LogP contribution in [0.4, 0.5) is 14.5 Å². The van der Waals surface area contributed by atoms with E-state index in [9.17, 15) is 13.9 Å². The minimum absolute atomic E-state index is 0.0568. The third-order valence-electron chi connectivity index (χ3n) is 3.00. The molecular weight excluding hydrogens is 212 g/mol. The van der Waals surface area contributed by atoms with Crippen molar-refractivity contribution in [1.29, 1.82) is 0 Å². The minimum Gasteiger partial charge on any atom is -0.391 e. The second kappa shape index (κ2) is 4.78. The molecule has 1 aromatic carbocycles. The Morgan fingerprint density at radius 2 is 1.88 bits per heavy atom. The molecule has 2 N–H and O–H groups in total. The molecule has 1 fully saturated rings.